The molecule has 1 aliphatic rings. The van der Waals surface area contributed by atoms with Crippen LogP contribution in [0.3, 0.4) is 0 Å². The fourth-order valence-electron chi connectivity index (χ4n) is 2.33. The predicted molar refractivity (Wildman–Crippen MR) is 81.1 cm³/mol. The number of fused-ring (bicyclic) bond motifs is 1. The van der Waals surface area contributed by atoms with E-state index in [9.17, 15) is 10.1 Å². The highest BCUT2D eigenvalue weighted by Crippen LogP contribution is 2.35. The Kier molecular flexibility index (Phi) is 3.67. The molecule has 1 N–H and O–H groups in total. The molecule has 5 nitrogen and oxygen atoms in total. The van der Waals surface area contributed by atoms with Gasteiger partial charge in [0.15, 0.2) is 17.3 Å². The topological polar surface area (TPSA) is 71.4 Å². The van der Waals surface area contributed by atoms with Gasteiger partial charge in [-0.2, -0.15) is 5.26 Å². The molecule has 0 spiro atoms. The van der Waals surface area contributed by atoms with Gasteiger partial charge in [0.25, 0.3) is 0 Å². The Labute approximate surface area is 128 Å². The van der Waals surface area contributed by atoms with Crippen molar-refractivity contribution < 1.29 is 14.3 Å². The molecule has 110 valence electrons. The van der Waals surface area contributed by atoms with Gasteiger partial charge in [-0.25, -0.2) is 0 Å². The van der Waals surface area contributed by atoms with Crippen LogP contribution in [0.15, 0.2) is 36.4 Å². The van der Waals surface area contributed by atoms with Gasteiger partial charge in [0.1, 0.15) is 6.07 Å². The molecule has 5 heteroatoms. The van der Waals surface area contributed by atoms with Crippen LogP contribution in [0.2, 0.25) is 0 Å². The zero-order valence-electron chi connectivity index (χ0n) is 12.1. The van der Waals surface area contributed by atoms with Gasteiger partial charge in [-0.05, 0) is 31.2 Å². The maximum atomic E-state index is 11.5. The number of nitriles is 1. The first kappa shape index (κ1) is 14.0. The van der Waals surface area contributed by atoms with Gasteiger partial charge in [-0.3, -0.25) is 4.79 Å². The number of carbonyl (C=O) groups is 1. The number of para-hydroxylation sites is 1. The highest BCUT2D eigenvalue weighted by atomic mass is 16.7. The summed E-state index contributed by atoms with van der Waals surface area (Å²) in [6, 6.07) is 12.8. The lowest BCUT2D eigenvalue weighted by Crippen LogP contribution is -2.04. The third-order valence-corrected chi connectivity index (χ3v) is 3.49. The number of ketones is 1. The summed E-state index contributed by atoms with van der Waals surface area (Å²) in [5.41, 5.74) is 2.63. The van der Waals surface area contributed by atoms with Crippen molar-refractivity contribution in [1.82, 2.24) is 0 Å². The summed E-state index contributed by atoms with van der Waals surface area (Å²) in [4.78, 5) is 11.5. The molecule has 0 fully saturated rings. The number of rotatable bonds is 4. The van der Waals surface area contributed by atoms with Crippen LogP contribution in [-0.4, -0.2) is 12.6 Å². The van der Waals surface area contributed by atoms with Crippen LogP contribution in [0, 0.1) is 11.3 Å². The molecule has 0 unspecified atom stereocenters. The fourth-order valence-corrected chi connectivity index (χ4v) is 2.33. The summed E-state index contributed by atoms with van der Waals surface area (Å²) < 4.78 is 10.8. The number of benzene rings is 2. The highest BCUT2D eigenvalue weighted by Gasteiger charge is 2.17. The number of nitrogens with zero attached hydrogens (tertiary/aromatic N) is 1. The first-order valence-corrected chi connectivity index (χ1v) is 6.85. The Morgan fingerprint density at radius 2 is 2.18 bits per heavy atom. The lowest BCUT2D eigenvalue weighted by atomic mass is 10.1. The number of hydrogen-bond donors (Lipinski definition) is 1. The minimum Gasteiger partial charge on any atom is -0.454 e. The van der Waals surface area contributed by atoms with E-state index in [0.717, 1.165) is 17.1 Å². The summed E-state index contributed by atoms with van der Waals surface area (Å²) in [5, 5.41) is 12.4. The minimum atomic E-state index is -0.0372. The molecule has 2 aromatic rings. The average molecular weight is 294 g/mol. The monoisotopic (exact) mass is 294 g/mol. The van der Waals surface area contributed by atoms with Crippen LogP contribution < -0.4 is 14.8 Å². The Hall–Kier alpha value is -3.00. The summed E-state index contributed by atoms with van der Waals surface area (Å²) in [6.07, 6.45) is 0. The lowest BCUT2D eigenvalue weighted by Gasteiger charge is -2.11. The van der Waals surface area contributed by atoms with E-state index in [1.54, 1.807) is 18.2 Å². The van der Waals surface area contributed by atoms with E-state index in [0.29, 0.717) is 23.4 Å². The number of hydrogen-bond acceptors (Lipinski definition) is 5. The molecule has 0 aromatic heterocycles. The van der Waals surface area contributed by atoms with E-state index in [-0.39, 0.29) is 12.6 Å². The minimum absolute atomic E-state index is 0.0372. The predicted octanol–water partition coefficient (Wildman–Crippen LogP) is 3.10. The van der Waals surface area contributed by atoms with Gasteiger partial charge in [0.2, 0.25) is 6.79 Å². The second-order valence-corrected chi connectivity index (χ2v) is 4.93. The zero-order chi connectivity index (χ0) is 15.5. The van der Waals surface area contributed by atoms with Crippen molar-refractivity contribution in [2.75, 3.05) is 12.1 Å². The second kappa shape index (κ2) is 5.78. The van der Waals surface area contributed by atoms with Crippen molar-refractivity contribution in [3.8, 4) is 17.6 Å². The highest BCUT2D eigenvalue weighted by molar-refractivity contribution is 5.95. The van der Waals surface area contributed by atoms with Gasteiger partial charge in [-0.1, -0.05) is 12.1 Å². The molecule has 0 amide bonds. The Morgan fingerprint density at radius 1 is 1.32 bits per heavy atom. The summed E-state index contributed by atoms with van der Waals surface area (Å²) in [7, 11) is 0. The van der Waals surface area contributed by atoms with E-state index in [1.807, 2.05) is 18.2 Å². The summed E-state index contributed by atoms with van der Waals surface area (Å²) in [6.45, 7) is 2.19. The van der Waals surface area contributed by atoms with E-state index < -0.39 is 0 Å². The third-order valence-electron chi connectivity index (χ3n) is 3.49. The van der Waals surface area contributed by atoms with Crippen molar-refractivity contribution in [2.24, 2.45) is 0 Å². The zero-order valence-corrected chi connectivity index (χ0v) is 12.1. The Morgan fingerprint density at radius 3 is 2.95 bits per heavy atom. The van der Waals surface area contributed by atoms with Crippen LogP contribution in [0.5, 0.6) is 11.5 Å². The Balaban J connectivity index is 1.85. The van der Waals surface area contributed by atoms with E-state index >= 15 is 0 Å². The van der Waals surface area contributed by atoms with E-state index in [2.05, 4.69) is 11.4 Å². The molecule has 0 bridgehead atoms. The largest absolute Gasteiger partial charge is 0.454 e. The number of nitrogens with one attached hydrogen (secondary N) is 1. The maximum Gasteiger partial charge on any atom is 0.231 e. The first-order valence-electron chi connectivity index (χ1n) is 6.85. The van der Waals surface area contributed by atoms with Gasteiger partial charge in [0, 0.05) is 17.7 Å². The third kappa shape index (κ3) is 2.59. The van der Waals surface area contributed by atoms with Crippen molar-refractivity contribution in [3.63, 3.8) is 0 Å². The molecular formula is C17H14N2O3. The van der Waals surface area contributed by atoms with E-state index in [1.165, 1.54) is 6.92 Å². The second-order valence-electron chi connectivity index (χ2n) is 4.93. The van der Waals surface area contributed by atoms with Gasteiger partial charge in [-0.15, -0.1) is 0 Å². The van der Waals surface area contributed by atoms with Crippen LogP contribution in [0.25, 0.3) is 0 Å². The molecule has 3 rings (SSSR count). The van der Waals surface area contributed by atoms with Crippen LogP contribution in [-0.2, 0) is 6.54 Å². The van der Waals surface area contributed by atoms with Gasteiger partial charge >= 0.3 is 0 Å². The molecule has 0 saturated carbocycles. The maximum absolute atomic E-state index is 11.5. The van der Waals surface area contributed by atoms with E-state index in [4.69, 9.17) is 9.47 Å². The molecule has 0 aliphatic carbocycles. The van der Waals surface area contributed by atoms with Crippen molar-refractivity contribution in [1.29, 1.82) is 5.26 Å². The number of carbonyl (C=O) groups excluding carboxylic acids is 1. The van der Waals surface area contributed by atoms with Crippen LogP contribution in [0.1, 0.15) is 28.4 Å². The molecule has 0 radical (unpaired) electrons. The standard InChI is InChI=1S/C17H14N2O3/c1-11(20)12-5-6-13(8-18)15(7-12)19-9-14-3-2-4-16-17(14)22-10-21-16/h2-7,19H,9-10H2,1H3. The molecule has 1 heterocycles. The van der Waals surface area contributed by atoms with Gasteiger partial charge < -0.3 is 14.8 Å². The van der Waals surface area contributed by atoms with Crippen LogP contribution in [0.4, 0.5) is 5.69 Å². The average Bonchev–Trinajstić information content (AvgIpc) is 3.01. The number of ether oxygens (including phenoxy) is 2. The van der Waals surface area contributed by atoms with Crippen molar-refractivity contribution in [3.05, 3.63) is 53.1 Å². The Bertz CT molecular complexity index is 778. The quantitative estimate of drug-likeness (QED) is 0.877. The summed E-state index contributed by atoms with van der Waals surface area (Å²) >= 11 is 0. The molecule has 2 aromatic carbocycles. The molecule has 0 saturated heterocycles. The summed E-state index contributed by atoms with van der Waals surface area (Å²) in [5.74, 6) is 1.40. The van der Waals surface area contributed by atoms with Crippen LogP contribution >= 0.6 is 0 Å². The SMILES string of the molecule is CC(=O)c1ccc(C#N)c(NCc2cccc3c2OCO3)c1. The molecule has 0 atom stereocenters. The lowest BCUT2D eigenvalue weighted by molar-refractivity contribution is 0.101. The number of Topliss-reactive ketones (excluding diaryl/α,β-unsaturated/α-hetero) is 1. The normalized spacial score (nSPS) is 11.8. The van der Waals surface area contributed by atoms with Crippen molar-refractivity contribution in [2.45, 2.75) is 13.5 Å². The first-order chi connectivity index (χ1) is 10.7. The van der Waals surface area contributed by atoms with Crippen molar-refractivity contribution >= 4 is 11.5 Å². The van der Waals surface area contributed by atoms with Gasteiger partial charge in [0.05, 0.1) is 11.3 Å². The molecule has 22 heavy (non-hydrogen) atoms. The smallest absolute Gasteiger partial charge is 0.231 e. The molecular weight excluding hydrogens is 280 g/mol. The fraction of sp³-hybridized carbons (Fsp3) is 0.176. The number of anilines is 1. The molecule has 1 aliphatic heterocycles.